The Balaban J connectivity index is 2.22. The van der Waals surface area contributed by atoms with E-state index >= 15 is 0 Å². The number of ether oxygens (including phenoxy) is 1. The fraction of sp³-hybridized carbons (Fsp3) is 0.438. The molecule has 0 aromatic heterocycles. The van der Waals surface area contributed by atoms with E-state index in [1.807, 2.05) is 33.8 Å². The number of nitrogens with zero attached hydrogens (tertiary/aromatic N) is 1. The molecule has 0 saturated heterocycles. The summed E-state index contributed by atoms with van der Waals surface area (Å²) in [4.78, 5) is 22.5. The van der Waals surface area contributed by atoms with Crippen LogP contribution < -0.4 is 4.74 Å². The molecule has 0 aliphatic heterocycles. The van der Waals surface area contributed by atoms with E-state index in [1.54, 1.807) is 0 Å². The lowest BCUT2D eigenvalue weighted by Gasteiger charge is -2.06. The summed E-state index contributed by atoms with van der Waals surface area (Å²) in [6.45, 7) is 7.74. The van der Waals surface area contributed by atoms with Crippen LogP contribution in [0.5, 0.6) is 5.75 Å². The summed E-state index contributed by atoms with van der Waals surface area (Å²) < 4.78 is 18.4. The minimum absolute atomic E-state index is 0.0256. The lowest BCUT2D eigenvalue weighted by atomic mass is 10.1. The van der Waals surface area contributed by atoms with Gasteiger partial charge in [0.15, 0.2) is 0 Å². The van der Waals surface area contributed by atoms with Crippen LogP contribution in [0.15, 0.2) is 29.8 Å². The van der Waals surface area contributed by atoms with Gasteiger partial charge in [0, 0.05) is 12.1 Å². The SMILES string of the molecule is CC(C)=CC1C(C(=O)Oc2cc(F)ccc2[N+](=O)[O-])C1(C)C. The van der Waals surface area contributed by atoms with Crippen molar-refractivity contribution in [2.24, 2.45) is 17.3 Å². The first-order chi connectivity index (χ1) is 10.1. The second-order valence-electron chi connectivity index (χ2n) is 6.36. The highest BCUT2D eigenvalue weighted by Gasteiger charge is 2.61. The van der Waals surface area contributed by atoms with Gasteiger partial charge in [-0.25, -0.2) is 4.39 Å². The second-order valence-corrected chi connectivity index (χ2v) is 6.36. The molecule has 1 aliphatic rings. The Morgan fingerprint density at radius 2 is 2.05 bits per heavy atom. The number of nitro groups is 1. The molecule has 2 rings (SSSR count). The first-order valence-electron chi connectivity index (χ1n) is 6.95. The largest absolute Gasteiger partial charge is 0.419 e. The maximum atomic E-state index is 13.3. The van der Waals surface area contributed by atoms with Crippen molar-refractivity contribution in [1.29, 1.82) is 0 Å². The van der Waals surface area contributed by atoms with E-state index < -0.39 is 22.4 Å². The molecule has 1 fully saturated rings. The van der Waals surface area contributed by atoms with E-state index in [4.69, 9.17) is 4.74 Å². The Labute approximate surface area is 127 Å². The Kier molecular flexibility index (Phi) is 4.04. The third-order valence-electron chi connectivity index (χ3n) is 4.01. The van der Waals surface area contributed by atoms with Gasteiger partial charge in [-0.2, -0.15) is 0 Å². The predicted molar refractivity (Wildman–Crippen MR) is 78.9 cm³/mol. The highest BCUT2D eigenvalue weighted by atomic mass is 19.1. The Morgan fingerprint density at radius 3 is 2.59 bits per heavy atom. The average Bonchev–Trinajstić information content (AvgIpc) is 2.89. The molecule has 0 heterocycles. The summed E-state index contributed by atoms with van der Waals surface area (Å²) in [6.07, 6.45) is 1.99. The molecule has 1 aromatic rings. The van der Waals surface area contributed by atoms with Crippen LogP contribution in [0.4, 0.5) is 10.1 Å². The highest BCUT2D eigenvalue weighted by molar-refractivity contribution is 5.81. The zero-order chi connectivity index (χ0) is 16.7. The van der Waals surface area contributed by atoms with E-state index in [0.717, 1.165) is 23.8 Å². The van der Waals surface area contributed by atoms with Gasteiger partial charge in [0.25, 0.3) is 0 Å². The van der Waals surface area contributed by atoms with E-state index in [-0.39, 0.29) is 23.0 Å². The summed E-state index contributed by atoms with van der Waals surface area (Å²) in [5, 5.41) is 10.9. The van der Waals surface area contributed by atoms with Crippen molar-refractivity contribution < 1.29 is 18.8 Å². The molecule has 1 aromatic carbocycles. The van der Waals surface area contributed by atoms with Crippen LogP contribution in [-0.2, 0) is 4.79 Å². The van der Waals surface area contributed by atoms with Gasteiger partial charge in [0.2, 0.25) is 5.75 Å². The summed E-state index contributed by atoms with van der Waals surface area (Å²) in [7, 11) is 0. The molecule has 0 N–H and O–H groups in total. The maximum Gasteiger partial charge on any atom is 0.315 e. The molecule has 0 spiro atoms. The zero-order valence-corrected chi connectivity index (χ0v) is 12.9. The number of halogens is 1. The summed E-state index contributed by atoms with van der Waals surface area (Å²) in [6, 6.07) is 2.81. The number of allylic oxidation sites excluding steroid dienone is 2. The van der Waals surface area contributed by atoms with E-state index in [9.17, 15) is 19.3 Å². The van der Waals surface area contributed by atoms with E-state index in [0.29, 0.717) is 0 Å². The van der Waals surface area contributed by atoms with Crippen molar-refractivity contribution in [3.8, 4) is 5.75 Å². The van der Waals surface area contributed by atoms with Gasteiger partial charge >= 0.3 is 11.7 Å². The fourth-order valence-electron chi connectivity index (χ4n) is 2.69. The van der Waals surface area contributed by atoms with Crippen LogP contribution in [0.1, 0.15) is 27.7 Å². The quantitative estimate of drug-likeness (QED) is 0.278. The highest BCUT2D eigenvalue weighted by Crippen LogP contribution is 2.59. The van der Waals surface area contributed by atoms with Crippen LogP contribution in [-0.4, -0.2) is 10.9 Å². The third kappa shape index (κ3) is 3.00. The first-order valence-corrected chi connectivity index (χ1v) is 6.95. The standard InChI is InChI=1S/C16H18FNO4/c1-9(2)7-11-14(16(11,3)4)15(19)22-13-8-10(17)5-6-12(13)18(20)21/h5-8,11,14H,1-4H3. The molecule has 0 amide bonds. The Hall–Kier alpha value is -2.24. The van der Waals surface area contributed by atoms with Crippen molar-refractivity contribution >= 4 is 11.7 Å². The lowest BCUT2D eigenvalue weighted by molar-refractivity contribution is -0.385. The number of carbonyl (C=O) groups excluding carboxylic acids is 1. The monoisotopic (exact) mass is 307 g/mol. The number of nitro benzene ring substituents is 1. The number of benzene rings is 1. The molecule has 6 heteroatoms. The zero-order valence-electron chi connectivity index (χ0n) is 12.9. The molecule has 22 heavy (non-hydrogen) atoms. The topological polar surface area (TPSA) is 69.4 Å². The van der Waals surface area contributed by atoms with Gasteiger partial charge < -0.3 is 4.74 Å². The number of rotatable bonds is 4. The van der Waals surface area contributed by atoms with Crippen molar-refractivity contribution in [3.63, 3.8) is 0 Å². The number of esters is 1. The summed E-state index contributed by atoms with van der Waals surface area (Å²) in [5.74, 6) is -1.97. The van der Waals surface area contributed by atoms with Crippen molar-refractivity contribution in [2.45, 2.75) is 27.7 Å². The molecular formula is C16H18FNO4. The van der Waals surface area contributed by atoms with Gasteiger partial charge in [-0.05, 0) is 31.2 Å². The van der Waals surface area contributed by atoms with Gasteiger partial charge in [0.05, 0.1) is 10.8 Å². The first kappa shape index (κ1) is 16.1. The second kappa shape index (κ2) is 5.51. The van der Waals surface area contributed by atoms with Crippen LogP contribution in [0, 0.1) is 33.2 Å². The smallest absolute Gasteiger partial charge is 0.315 e. The number of carbonyl (C=O) groups is 1. The van der Waals surface area contributed by atoms with Gasteiger partial charge in [-0.15, -0.1) is 0 Å². The molecule has 2 atom stereocenters. The third-order valence-corrected chi connectivity index (χ3v) is 4.01. The van der Waals surface area contributed by atoms with Crippen LogP contribution in [0.2, 0.25) is 0 Å². The van der Waals surface area contributed by atoms with E-state index in [1.165, 1.54) is 0 Å². The minimum atomic E-state index is -0.701. The fourth-order valence-corrected chi connectivity index (χ4v) is 2.69. The average molecular weight is 307 g/mol. The summed E-state index contributed by atoms with van der Waals surface area (Å²) >= 11 is 0. The molecular weight excluding hydrogens is 289 g/mol. The Bertz CT molecular complexity index is 662. The van der Waals surface area contributed by atoms with Gasteiger partial charge in [-0.1, -0.05) is 25.5 Å². The van der Waals surface area contributed by atoms with Crippen LogP contribution >= 0.6 is 0 Å². The predicted octanol–water partition coefficient (Wildman–Crippen LogP) is 3.88. The number of hydrogen-bond donors (Lipinski definition) is 0. The minimum Gasteiger partial charge on any atom is -0.419 e. The normalized spacial score (nSPS) is 21.9. The molecule has 118 valence electrons. The maximum absolute atomic E-state index is 13.3. The van der Waals surface area contributed by atoms with E-state index in [2.05, 4.69) is 0 Å². The van der Waals surface area contributed by atoms with Gasteiger partial charge in [0.1, 0.15) is 5.82 Å². The van der Waals surface area contributed by atoms with Crippen LogP contribution in [0.3, 0.4) is 0 Å². The summed E-state index contributed by atoms with van der Waals surface area (Å²) in [5.41, 5.74) is 0.397. The van der Waals surface area contributed by atoms with Gasteiger partial charge in [-0.3, -0.25) is 14.9 Å². The molecule has 1 saturated carbocycles. The molecule has 0 radical (unpaired) electrons. The molecule has 0 bridgehead atoms. The molecule has 2 unspecified atom stereocenters. The van der Waals surface area contributed by atoms with Crippen molar-refractivity contribution in [2.75, 3.05) is 0 Å². The molecule has 5 nitrogen and oxygen atoms in total. The lowest BCUT2D eigenvalue weighted by Crippen LogP contribution is -2.15. The molecule has 1 aliphatic carbocycles. The van der Waals surface area contributed by atoms with Crippen molar-refractivity contribution in [3.05, 3.63) is 45.8 Å². The van der Waals surface area contributed by atoms with Crippen LogP contribution in [0.25, 0.3) is 0 Å². The Morgan fingerprint density at radius 1 is 1.41 bits per heavy atom. The van der Waals surface area contributed by atoms with Crippen molar-refractivity contribution in [1.82, 2.24) is 0 Å². The number of hydrogen-bond acceptors (Lipinski definition) is 4.